The first-order valence-electron chi connectivity index (χ1n) is 7.98. The molecular formula is C17H22ClNO. The van der Waals surface area contributed by atoms with Crippen LogP contribution in [0.1, 0.15) is 43.4 Å². The minimum Gasteiger partial charge on any atom is -0.493 e. The molecule has 1 N–H and O–H groups in total. The lowest BCUT2D eigenvalue weighted by Gasteiger charge is -2.23. The number of rotatable bonds is 4. The molecule has 0 bridgehead atoms. The third kappa shape index (κ3) is 1.96. The van der Waals surface area contributed by atoms with Gasteiger partial charge in [-0.15, -0.1) is 0 Å². The average Bonchev–Trinajstić information content (AvgIpc) is 2.86. The predicted molar refractivity (Wildman–Crippen MR) is 81.4 cm³/mol. The lowest BCUT2D eigenvalue weighted by atomic mass is 9.94. The number of hydrogen-bond acceptors (Lipinski definition) is 2. The quantitative estimate of drug-likeness (QED) is 0.906. The fourth-order valence-corrected chi connectivity index (χ4v) is 4.82. The van der Waals surface area contributed by atoms with Gasteiger partial charge >= 0.3 is 0 Å². The highest BCUT2D eigenvalue weighted by atomic mass is 35.5. The molecular weight excluding hydrogens is 270 g/mol. The van der Waals surface area contributed by atoms with E-state index in [1.807, 2.05) is 0 Å². The molecule has 3 heteroatoms. The van der Waals surface area contributed by atoms with E-state index in [2.05, 4.69) is 24.4 Å². The molecule has 0 aromatic heterocycles. The molecule has 0 saturated heterocycles. The Balaban J connectivity index is 1.70. The molecule has 3 aliphatic rings. The van der Waals surface area contributed by atoms with Gasteiger partial charge in [0, 0.05) is 23.0 Å². The highest BCUT2D eigenvalue weighted by molar-refractivity contribution is 6.30. The third-order valence-electron chi connectivity index (χ3n) is 5.39. The van der Waals surface area contributed by atoms with Crippen molar-refractivity contribution in [2.45, 2.75) is 38.6 Å². The van der Waals surface area contributed by atoms with Crippen LogP contribution >= 0.6 is 11.6 Å². The van der Waals surface area contributed by atoms with Crippen LogP contribution in [0.25, 0.3) is 0 Å². The SMILES string of the molecule is CCNC(c1cc(Cl)cc2c1OCC2)C1C2CCCC21. The van der Waals surface area contributed by atoms with Crippen LogP contribution in [0.15, 0.2) is 12.1 Å². The Morgan fingerprint density at radius 1 is 1.35 bits per heavy atom. The highest BCUT2D eigenvalue weighted by Crippen LogP contribution is 2.63. The zero-order chi connectivity index (χ0) is 13.7. The zero-order valence-electron chi connectivity index (χ0n) is 12.0. The molecule has 108 valence electrons. The summed E-state index contributed by atoms with van der Waals surface area (Å²) in [6.07, 6.45) is 5.26. The molecule has 2 aliphatic carbocycles. The molecule has 1 aromatic carbocycles. The number of halogens is 1. The van der Waals surface area contributed by atoms with E-state index in [0.29, 0.717) is 6.04 Å². The summed E-state index contributed by atoms with van der Waals surface area (Å²) in [7, 11) is 0. The first-order chi connectivity index (χ1) is 9.79. The Labute approximate surface area is 125 Å². The maximum Gasteiger partial charge on any atom is 0.127 e. The van der Waals surface area contributed by atoms with Gasteiger partial charge in [-0.25, -0.2) is 0 Å². The Morgan fingerprint density at radius 2 is 2.15 bits per heavy atom. The van der Waals surface area contributed by atoms with Crippen molar-refractivity contribution in [3.8, 4) is 5.75 Å². The topological polar surface area (TPSA) is 21.3 Å². The lowest BCUT2D eigenvalue weighted by Crippen LogP contribution is -2.25. The number of hydrogen-bond donors (Lipinski definition) is 1. The molecule has 2 saturated carbocycles. The lowest BCUT2D eigenvalue weighted by molar-refractivity contribution is 0.340. The number of ether oxygens (including phenoxy) is 1. The van der Waals surface area contributed by atoms with E-state index >= 15 is 0 Å². The van der Waals surface area contributed by atoms with Gasteiger partial charge in [-0.2, -0.15) is 0 Å². The smallest absolute Gasteiger partial charge is 0.127 e. The van der Waals surface area contributed by atoms with Gasteiger partial charge in [0.05, 0.1) is 6.61 Å². The maximum atomic E-state index is 6.34. The molecule has 1 heterocycles. The average molecular weight is 292 g/mol. The molecule has 0 spiro atoms. The summed E-state index contributed by atoms with van der Waals surface area (Å²) in [6, 6.07) is 4.64. The van der Waals surface area contributed by atoms with Gasteiger partial charge in [-0.3, -0.25) is 0 Å². The van der Waals surface area contributed by atoms with E-state index in [1.54, 1.807) is 0 Å². The van der Waals surface area contributed by atoms with Crippen LogP contribution in [0.2, 0.25) is 5.02 Å². The Kier molecular flexibility index (Phi) is 3.19. The zero-order valence-corrected chi connectivity index (χ0v) is 12.7. The van der Waals surface area contributed by atoms with Crippen LogP contribution in [0.3, 0.4) is 0 Å². The Bertz CT molecular complexity index is 520. The predicted octanol–water partition coefficient (Wildman–Crippen LogP) is 3.97. The van der Waals surface area contributed by atoms with E-state index in [4.69, 9.17) is 16.3 Å². The van der Waals surface area contributed by atoms with E-state index in [1.165, 1.54) is 30.4 Å². The van der Waals surface area contributed by atoms with Crippen LogP contribution in [0.5, 0.6) is 5.75 Å². The summed E-state index contributed by atoms with van der Waals surface area (Å²) < 4.78 is 5.91. The van der Waals surface area contributed by atoms with Gasteiger partial charge in [0.15, 0.2) is 0 Å². The monoisotopic (exact) mass is 291 g/mol. The minimum atomic E-state index is 0.431. The first-order valence-corrected chi connectivity index (χ1v) is 8.36. The molecule has 3 atom stereocenters. The number of benzene rings is 1. The van der Waals surface area contributed by atoms with Crippen LogP contribution in [-0.4, -0.2) is 13.2 Å². The van der Waals surface area contributed by atoms with Crippen LogP contribution in [0.4, 0.5) is 0 Å². The molecule has 0 amide bonds. The molecule has 1 aliphatic heterocycles. The van der Waals surface area contributed by atoms with E-state index in [-0.39, 0.29) is 0 Å². The molecule has 20 heavy (non-hydrogen) atoms. The number of fused-ring (bicyclic) bond motifs is 2. The molecule has 4 rings (SSSR count). The van der Waals surface area contributed by atoms with Gasteiger partial charge in [-0.1, -0.05) is 24.9 Å². The van der Waals surface area contributed by atoms with Gasteiger partial charge in [0.25, 0.3) is 0 Å². The summed E-state index contributed by atoms with van der Waals surface area (Å²) in [5, 5.41) is 4.57. The summed E-state index contributed by atoms with van der Waals surface area (Å²) in [6.45, 7) is 4.00. The van der Waals surface area contributed by atoms with Crippen molar-refractivity contribution in [2.24, 2.45) is 17.8 Å². The second-order valence-electron chi connectivity index (χ2n) is 6.45. The summed E-state index contributed by atoms with van der Waals surface area (Å²) in [5.41, 5.74) is 2.60. The Hall–Kier alpha value is -0.730. The fourth-order valence-electron chi connectivity index (χ4n) is 4.57. The van der Waals surface area contributed by atoms with Crippen molar-refractivity contribution in [2.75, 3.05) is 13.2 Å². The second kappa shape index (κ2) is 4.92. The maximum absolute atomic E-state index is 6.34. The number of nitrogens with one attached hydrogen (secondary N) is 1. The standard InChI is InChI=1S/C17H22ClNO/c1-2-19-16(15-12-4-3-5-13(12)15)14-9-11(18)8-10-6-7-20-17(10)14/h8-9,12-13,15-16,19H,2-7H2,1H3. The van der Waals surface area contributed by atoms with Gasteiger partial charge < -0.3 is 10.1 Å². The minimum absolute atomic E-state index is 0.431. The van der Waals surface area contributed by atoms with E-state index < -0.39 is 0 Å². The summed E-state index contributed by atoms with van der Waals surface area (Å²) in [5.74, 6) is 3.80. The highest BCUT2D eigenvalue weighted by Gasteiger charge is 2.56. The molecule has 1 aromatic rings. The van der Waals surface area contributed by atoms with Crippen LogP contribution < -0.4 is 10.1 Å². The van der Waals surface area contributed by atoms with Crippen molar-refractivity contribution < 1.29 is 4.74 Å². The normalized spacial score (nSPS) is 31.6. The summed E-state index contributed by atoms with van der Waals surface area (Å²) >= 11 is 6.34. The van der Waals surface area contributed by atoms with Crippen LogP contribution in [0, 0.1) is 17.8 Å². The molecule has 2 fully saturated rings. The fraction of sp³-hybridized carbons (Fsp3) is 0.647. The largest absolute Gasteiger partial charge is 0.493 e. The van der Waals surface area contributed by atoms with Crippen molar-refractivity contribution in [3.05, 3.63) is 28.3 Å². The van der Waals surface area contributed by atoms with E-state index in [0.717, 1.165) is 48.1 Å². The van der Waals surface area contributed by atoms with Gasteiger partial charge in [0.2, 0.25) is 0 Å². The molecule has 0 radical (unpaired) electrons. The first kappa shape index (κ1) is 13.0. The second-order valence-corrected chi connectivity index (χ2v) is 6.89. The van der Waals surface area contributed by atoms with Gasteiger partial charge in [0.1, 0.15) is 5.75 Å². The van der Waals surface area contributed by atoms with Crippen molar-refractivity contribution in [3.63, 3.8) is 0 Å². The van der Waals surface area contributed by atoms with E-state index in [9.17, 15) is 0 Å². The Morgan fingerprint density at radius 3 is 2.90 bits per heavy atom. The third-order valence-corrected chi connectivity index (χ3v) is 5.61. The van der Waals surface area contributed by atoms with Crippen LogP contribution in [-0.2, 0) is 6.42 Å². The van der Waals surface area contributed by atoms with Crippen molar-refractivity contribution >= 4 is 11.6 Å². The van der Waals surface area contributed by atoms with Crippen molar-refractivity contribution in [1.29, 1.82) is 0 Å². The molecule has 2 nitrogen and oxygen atoms in total. The summed E-state index contributed by atoms with van der Waals surface area (Å²) in [4.78, 5) is 0. The molecule has 3 unspecified atom stereocenters. The van der Waals surface area contributed by atoms with Crippen molar-refractivity contribution in [1.82, 2.24) is 5.32 Å². The van der Waals surface area contributed by atoms with Gasteiger partial charge in [-0.05, 0) is 54.8 Å².